The summed E-state index contributed by atoms with van der Waals surface area (Å²) < 4.78 is 39.0. The van der Waals surface area contributed by atoms with Crippen molar-refractivity contribution in [3.63, 3.8) is 0 Å². The molecule has 1 atom stereocenters. The van der Waals surface area contributed by atoms with E-state index in [1.807, 2.05) is 0 Å². The Morgan fingerprint density at radius 2 is 1.81 bits per heavy atom. The molecule has 1 aromatic heterocycles. The van der Waals surface area contributed by atoms with E-state index < -0.39 is 35.5 Å². The fourth-order valence-electron chi connectivity index (χ4n) is 3.79. The fraction of sp³-hybridized carbons (Fsp3) is 0.409. The van der Waals surface area contributed by atoms with Crippen LogP contribution in [0.3, 0.4) is 0 Å². The molecule has 1 aliphatic carbocycles. The molecular weight excluding hydrogens is 431 g/mol. The first kappa shape index (κ1) is 23.1. The van der Waals surface area contributed by atoms with E-state index in [2.05, 4.69) is 10.3 Å². The van der Waals surface area contributed by atoms with Crippen LogP contribution in [0.5, 0.6) is 0 Å². The summed E-state index contributed by atoms with van der Waals surface area (Å²) in [5.74, 6) is -1.46. The monoisotopic (exact) mass is 453 g/mol. The quantitative estimate of drug-likeness (QED) is 0.635. The van der Waals surface area contributed by atoms with Gasteiger partial charge in [-0.25, -0.2) is 0 Å². The van der Waals surface area contributed by atoms with Gasteiger partial charge in [-0.3, -0.25) is 19.5 Å². The summed E-state index contributed by atoms with van der Waals surface area (Å²) in [5.41, 5.74) is -0.264. The van der Waals surface area contributed by atoms with Gasteiger partial charge in [0, 0.05) is 29.7 Å². The predicted molar refractivity (Wildman–Crippen MR) is 112 cm³/mol. The average molecular weight is 454 g/mol. The molecule has 1 unspecified atom stereocenters. The van der Waals surface area contributed by atoms with Crippen molar-refractivity contribution in [3.8, 4) is 0 Å². The molecule has 0 radical (unpaired) electrons. The van der Waals surface area contributed by atoms with E-state index in [1.165, 1.54) is 24.5 Å². The molecule has 2 amide bonds. The molecule has 0 bridgehead atoms. The first-order valence-electron chi connectivity index (χ1n) is 10.1. The second kappa shape index (κ2) is 10.1. The van der Waals surface area contributed by atoms with E-state index in [1.54, 1.807) is 12.1 Å². The Bertz CT molecular complexity index is 885. The standard InChI is InChI=1S/C22H23ClF3N3O2/c23-13-19(30)29(18-10-8-16(9-11-18)22(24,25)26)20(15-5-4-12-27-14-15)21(31)28-17-6-2-1-3-7-17/h4-5,8-12,14,17,20H,1-3,6-7,13H2,(H,28,31). The maximum absolute atomic E-state index is 13.3. The second-order valence-electron chi connectivity index (χ2n) is 7.47. The van der Waals surface area contributed by atoms with Crippen molar-refractivity contribution in [1.82, 2.24) is 10.3 Å². The average Bonchev–Trinajstić information content (AvgIpc) is 2.77. The van der Waals surface area contributed by atoms with Crippen LogP contribution in [-0.4, -0.2) is 28.7 Å². The van der Waals surface area contributed by atoms with Crippen LogP contribution in [0.1, 0.15) is 49.3 Å². The van der Waals surface area contributed by atoms with Crippen LogP contribution in [0, 0.1) is 0 Å². The van der Waals surface area contributed by atoms with Gasteiger partial charge in [0.15, 0.2) is 0 Å². The van der Waals surface area contributed by atoms with Gasteiger partial charge in [-0.1, -0.05) is 25.3 Å². The van der Waals surface area contributed by atoms with Gasteiger partial charge in [-0.15, -0.1) is 11.6 Å². The highest BCUT2D eigenvalue weighted by atomic mass is 35.5. The van der Waals surface area contributed by atoms with Gasteiger partial charge >= 0.3 is 6.18 Å². The predicted octanol–water partition coefficient (Wildman–Crippen LogP) is 4.86. The number of hydrogen-bond donors (Lipinski definition) is 1. The zero-order chi connectivity index (χ0) is 22.4. The number of aromatic nitrogens is 1. The minimum atomic E-state index is -4.51. The third-order valence-corrected chi connectivity index (χ3v) is 5.54. The van der Waals surface area contributed by atoms with E-state index in [0.29, 0.717) is 5.56 Å². The summed E-state index contributed by atoms with van der Waals surface area (Å²) in [7, 11) is 0. The number of carbonyl (C=O) groups excluding carboxylic acids is 2. The van der Waals surface area contributed by atoms with Crippen LogP contribution in [0.4, 0.5) is 18.9 Å². The van der Waals surface area contributed by atoms with E-state index in [0.717, 1.165) is 49.1 Å². The number of halogens is 4. The number of nitrogens with one attached hydrogen (secondary N) is 1. The Labute approximate surface area is 183 Å². The van der Waals surface area contributed by atoms with Crippen LogP contribution in [-0.2, 0) is 15.8 Å². The number of benzene rings is 1. The Morgan fingerprint density at radius 1 is 1.13 bits per heavy atom. The lowest BCUT2D eigenvalue weighted by molar-refractivity contribution is -0.137. The summed E-state index contributed by atoms with van der Waals surface area (Å²) in [6.07, 6.45) is 3.29. The summed E-state index contributed by atoms with van der Waals surface area (Å²) in [4.78, 5) is 31.3. The molecule has 9 heteroatoms. The van der Waals surface area contributed by atoms with E-state index in [-0.39, 0.29) is 11.7 Å². The van der Waals surface area contributed by atoms with E-state index in [9.17, 15) is 22.8 Å². The molecule has 0 aliphatic heterocycles. The van der Waals surface area contributed by atoms with Crippen molar-refractivity contribution in [3.05, 3.63) is 59.9 Å². The molecule has 1 aromatic carbocycles. The summed E-state index contributed by atoms with van der Waals surface area (Å²) in [5, 5.41) is 3.00. The van der Waals surface area contributed by atoms with Crippen LogP contribution in [0.15, 0.2) is 48.8 Å². The molecule has 1 heterocycles. The molecule has 2 aromatic rings. The molecule has 3 rings (SSSR count). The molecule has 31 heavy (non-hydrogen) atoms. The Hall–Kier alpha value is -2.61. The van der Waals surface area contributed by atoms with Crippen molar-refractivity contribution >= 4 is 29.1 Å². The highest BCUT2D eigenvalue weighted by molar-refractivity contribution is 6.29. The lowest BCUT2D eigenvalue weighted by Gasteiger charge is -2.33. The molecule has 1 saturated carbocycles. The molecule has 166 valence electrons. The highest BCUT2D eigenvalue weighted by Crippen LogP contribution is 2.33. The maximum Gasteiger partial charge on any atom is 0.416 e. The first-order valence-corrected chi connectivity index (χ1v) is 10.6. The number of nitrogens with zero attached hydrogens (tertiary/aromatic N) is 2. The Morgan fingerprint density at radius 3 is 2.35 bits per heavy atom. The second-order valence-corrected chi connectivity index (χ2v) is 7.74. The SMILES string of the molecule is O=C(NC1CCCCC1)C(c1cccnc1)N(C(=O)CCl)c1ccc(C(F)(F)F)cc1. The third-order valence-electron chi connectivity index (χ3n) is 5.31. The van der Waals surface area contributed by atoms with Crippen molar-refractivity contribution in [2.24, 2.45) is 0 Å². The van der Waals surface area contributed by atoms with Crippen molar-refractivity contribution in [1.29, 1.82) is 0 Å². The molecule has 1 fully saturated rings. The third kappa shape index (κ3) is 5.76. The van der Waals surface area contributed by atoms with Gasteiger partial charge in [0.2, 0.25) is 11.8 Å². The normalized spacial score (nSPS) is 15.9. The molecular formula is C22H23ClF3N3O2. The van der Waals surface area contributed by atoms with Gasteiger partial charge in [0.1, 0.15) is 11.9 Å². The van der Waals surface area contributed by atoms with Crippen molar-refractivity contribution in [2.75, 3.05) is 10.8 Å². The maximum atomic E-state index is 13.3. The largest absolute Gasteiger partial charge is 0.416 e. The first-order chi connectivity index (χ1) is 14.8. The number of alkyl halides is 4. The van der Waals surface area contributed by atoms with Gasteiger partial charge in [-0.2, -0.15) is 13.2 Å². The van der Waals surface area contributed by atoms with Gasteiger partial charge in [0.05, 0.1) is 5.56 Å². The number of rotatable bonds is 6. The molecule has 0 spiro atoms. The van der Waals surface area contributed by atoms with Gasteiger partial charge < -0.3 is 5.32 Å². The lowest BCUT2D eigenvalue weighted by Crippen LogP contribution is -2.47. The number of pyridine rings is 1. The number of hydrogen-bond acceptors (Lipinski definition) is 3. The molecule has 1 N–H and O–H groups in total. The number of anilines is 1. The highest BCUT2D eigenvalue weighted by Gasteiger charge is 2.35. The van der Waals surface area contributed by atoms with E-state index >= 15 is 0 Å². The Kier molecular flexibility index (Phi) is 7.54. The van der Waals surface area contributed by atoms with E-state index in [4.69, 9.17) is 11.6 Å². The molecule has 5 nitrogen and oxygen atoms in total. The van der Waals surface area contributed by atoms with Gasteiger partial charge in [-0.05, 0) is 43.2 Å². The van der Waals surface area contributed by atoms with Crippen molar-refractivity contribution < 1.29 is 22.8 Å². The minimum absolute atomic E-state index is 0.0130. The zero-order valence-corrected chi connectivity index (χ0v) is 17.5. The Balaban J connectivity index is 1.99. The summed E-state index contributed by atoms with van der Waals surface area (Å²) in [6.45, 7) is 0. The summed E-state index contributed by atoms with van der Waals surface area (Å²) >= 11 is 5.81. The number of amides is 2. The summed E-state index contributed by atoms with van der Waals surface area (Å²) in [6, 6.07) is 6.25. The minimum Gasteiger partial charge on any atom is -0.351 e. The lowest BCUT2D eigenvalue weighted by atomic mass is 9.94. The number of carbonyl (C=O) groups is 2. The van der Waals surface area contributed by atoms with Crippen LogP contribution < -0.4 is 10.2 Å². The van der Waals surface area contributed by atoms with Crippen LogP contribution in [0.2, 0.25) is 0 Å². The zero-order valence-electron chi connectivity index (χ0n) is 16.7. The molecule has 0 saturated heterocycles. The fourth-order valence-corrected chi connectivity index (χ4v) is 3.92. The topological polar surface area (TPSA) is 62.3 Å². The van der Waals surface area contributed by atoms with Crippen LogP contribution >= 0.6 is 11.6 Å². The smallest absolute Gasteiger partial charge is 0.351 e. The van der Waals surface area contributed by atoms with Crippen LogP contribution in [0.25, 0.3) is 0 Å². The van der Waals surface area contributed by atoms with Crippen molar-refractivity contribution in [2.45, 2.75) is 50.4 Å². The van der Waals surface area contributed by atoms with Gasteiger partial charge in [0.25, 0.3) is 0 Å². The molecule has 1 aliphatic rings.